The van der Waals surface area contributed by atoms with Crippen molar-refractivity contribution in [3.05, 3.63) is 66.2 Å². The third-order valence-corrected chi connectivity index (χ3v) is 7.59. The Bertz CT molecular complexity index is 1010. The topological polar surface area (TPSA) is 92.8 Å². The maximum atomic E-state index is 12.4. The number of unbranched alkanes of at least 4 members (excludes halogenated alkanes) is 5. The van der Waals surface area contributed by atoms with Gasteiger partial charge >= 0.3 is 5.97 Å². The van der Waals surface area contributed by atoms with Crippen LogP contribution in [0.25, 0.3) is 0 Å². The molecule has 0 radical (unpaired) electrons. The average Bonchev–Trinajstić information content (AvgIpc) is 2.85. The Morgan fingerprint density at radius 1 is 0.861 bits per heavy atom. The summed E-state index contributed by atoms with van der Waals surface area (Å²) >= 11 is 0. The average molecular weight is 517 g/mol. The molecule has 0 spiro atoms. The van der Waals surface area contributed by atoms with Crippen LogP contribution in [0, 0.1) is 0 Å². The quantitative estimate of drug-likeness (QED) is 0.248. The van der Waals surface area contributed by atoms with Crippen molar-refractivity contribution < 1.29 is 22.7 Å². The van der Waals surface area contributed by atoms with E-state index in [2.05, 4.69) is 5.32 Å². The van der Waals surface area contributed by atoms with Gasteiger partial charge in [-0.3, -0.25) is 9.59 Å². The van der Waals surface area contributed by atoms with Crippen molar-refractivity contribution in [3.8, 4) is 0 Å². The molecule has 0 aliphatic heterocycles. The van der Waals surface area contributed by atoms with E-state index in [1.165, 1.54) is 0 Å². The van der Waals surface area contributed by atoms with Crippen LogP contribution in [-0.2, 0) is 30.8 Å². The normalized spacial score (nSPS) is 12.3. The van der Waals surface area contributed by atoms with Crippen LogP contribution in [-0.4, -0.2) is 57.6 Å². The van der Waals surface area contributed by atoms with E-state index in [1.807, 2.05) is 55.4 Å². The van der Waals surface area contributed by atoms with E-state index in [1.54, 1.807) is 24.3 Å². The number of nitrogens with one attached hydrogen (secondary N) is 1. The van der Waals surface area contributed by atoms with Crippen LogP contribution in [0.15, 0.2) is 65.6 Å². The molecule has 0 heterocycles. The molecule has 2 rings (SSSR count). The zero-order valence-corrected chi connectivity index (χ0v) is 22.3. The summed E-state index contributed by atoms with van der Waals surface area (Å²) in [4.78, 5) is 27.0. The molecule has 1 amide bonds. The van der Waals surface area contributed by atoms with Crippen LogP contribution in [0.4, 0.5) is 0 Å². The zero-order chi connectivity index (χ0) is 26.2. The zero-order valence-electron chi connectivity index (χ0n) is 21.5. The van der Waals surface area contributed by atoms with E-state index >= 15 is 0 Å². The lowest BCUT2D eigenvalue weighted by atomic mass is 10.1. The predicted octanol–water partition coefficient (Wildman–Crippen LogP) is 4.37. The van der Waals surface area contributed by atoms with Gasteiger partial charge in [-0.2, -0.15) is 0 Å². The van der Waals surface area contributed by atoms with Crippen LogP contribution in [0.1, 0.15) is 56.9 Å². The van der Waals surface area contributed by atoms with Gasteiger partial charge in [0.05, 0.1) is 23.1 Å². The number of rotatable bonds is 17. The number of ether oxygens (including phenoxy) is 1. The molecule has 1 atom stereocenters. The predicted molar refractivity (Wildman–Crippen MR) is 142 cm³/mol. The molecule has 0 fully saturated rings. The van der Waals surface area contributed by atoms with Crippen molar-refractivity contribution in [2.75, 3.05) is 26.4 Å². The number of hydrogen-bond acceptors (Lipinski definition) is 6. The molecule has 2 aromatic rings. The maximum Gasteiger partial charge on any atom is 0.308 e. The van der Waals surface area contributed by atoms with Gasteiger partial charge in [0.25, 0.3) is 0 Å². The second-order valence-corrected chi connectivity index (χ2v) is 11.5. The van der Waals surface area contributed by atoms with Crippen molar-refractivity contribution in [1.29, 1.82) is 0 Å². The van der Waals surface area contributed by atoms with E-state index in [9.17, 15) is 18.0 Å². The number of benzene rings is 2. The highest BCUT2D eigenvalue weighted by molar-refractivity contribution is 7.91. The van der Waals surface area contributed by atoms with Crippen molar-refractivity contribution in [3.63, 3.8) is 0 Å². The number of amides is 1. The Balaban J connectivity index is 1.59. The number of hydrogen-bond donors (Lipinski definition) is 1. The Morgan fingerprint density at radius 2 is 1.44 bits per heavy atom. The number of nitrogens with zero attached hydrogens (tertiary/aromatic N) is 1. The van der Waals surface area contributed by atoms with Crippen molar-refractivity contribution in [2.24, 2.45) is 0 Å². The Morgan fingerprint density at radius 3 is 2.08 bits per heavy atom. The van der Waals surface area contributed by atoms with Crippen LogP contribution in [0.2, 0.25) is 0 Å². The number of carbonyl (C=O) groups excluding carboxylic acids is 2. The number of esters is 1. The minimum absolute atomic E-state index is 0.0633. The fourth-order valence-electron chi connectivity index (χ4n) is 3.93. The lowest BCUT2D eigenvalue weighted by molar-refractivity contribution is -0.145. The van der Waals surface area contributed by atoms with Gasteiger partial charge in [-0.1, -0.05) is 74.2 Å². The molecule has 36 heavy (non-hydrogen) atoms. The molecule has 0 saturated carbocycles. The van der Waals surface area contributed by atoms with E-state index in [0.717, 1.165) is 37.7 Å². The molecule has 0 saturated heterocycles. The highest BCUT2D eigenvalue weighted by atomic mass is 32.2. The fourth-order valence-corrected chi connectivity index (χ4v) is 5.32. The van der Waals surface area contributed by atoms with Gasteiger partial charge in [0.1, 0.15) is 6.61 Å². The number of sulfone groups is 1. The van der Waals surface area contributed by atoms with Gasteiger partial charge in [0.15, 0.2) is 9.84 Å². The molecule has 198 valence electrons. The molecule has 0 aromatic heterocycles. The number of likely N-dealkylation sites (N-methyl/N-ethyl adjacent to an activating group) is 1. The minimum Gasteiger partial charge on any atom is -0.461 e. The highest BCUT2D eigenvalue weighted by Crippen LogP contribution is 2.14. The highest BCUT2D eigenvalue weighted by Gasteiger charge is 2.18. The van der Waals surface area contributed by atoms with Crippen LogP contribution in [0.5, 0.6) is 0 Å². The van der Waals surface area contributed by atoms with E-state index in [4.69, 9.17) is 4.74 Å². The summed E-state index contributed by atoms with van der Waals surface area (Å²) in [6.45, 7) is 0.776. The molecule has 0 unspecified atom stereocenters. The molecule has 0 bridgehead atoms. The summed E-state index contributed by atoms with van der Waals surface area (Å²) in [6.07, 6.45) is 5.62. The van der Waals surface area contributed by atoms with Crippen LogP contribution < -0.4 is 5.32 Å². The van der Waals surface area contributed by atoms with Gasteiger partial charge < -0.3 is 15.0 Å². The molecule has 2 aromatic carbocycles. The smallest absolute Gasteiger partial charge is 0.308 e. The number of carbonyl (C=O) groups is 2. The lowest BCUT2D eigenvalue weighted by Crippen LogP contribution is -2.43. The first-order chi connectivity index (χ1) is 17.3. The molecule has 1 N–H and O–H groups in total. The van der Waals surface area contributed by atoms with Gasteiger partial charge in [-0.25, -0.2) is 8.42 Å². The van der Waals surface area contributed by atoms with Crippen LogP contribution >= 0.6 is 0 Å². The summed E-state index contributed by atoms with van der Waals surface area (Å²) in [6, 6.07) is 17.8. The maximum absolute atomic E-state index is 12.4. The first kappa shape index (κ1) is 29.5. The monoisotopic (exact) mass is 516 g/mol. The summed E-state index contributed by atoms with van der Waals surface area (Å²) in [5.41, 5.74) is 0.928. The van der Waals surface area contributed by atoms with Gasteiger partial charge in [-0.15, -0.1) is 0 Å². The molecule has 7 nitrogen and oxygen atoms in total. The Hall–Kier alpha value is -2.71. The third-order valence-electron chi connectivity index (χ3n) is 5.78. The molecule has 0 aliphatic carbocycles. The largest absolute Gasteiger partial charge is 0.461 e. The third kappa shape index (κ3) is 12.3. The van der Waals surface area contributed by atoms with Gasteiger partial charge in [-0.05, 0) is 44.6 Å². The molecular formula is C28H40N2O5S. The lowest BCUT2D eigenvalue weighted by Gasteiger charge is -2.22. The van der Waals surface area contributed by atoms with Gasteiger partial charge in [0, 0.05) is 13.0 Å². The van der Waals surface area contributed by atoms with Crippen molar-refractivity contribution in [1.82, 2.24) is 10.2 Å². The van der Waals surface area contributed by atoms with Crippen molar-refractivity contribution >= 4 is 21.7 Å². The van der Waals surface area contributed by atoms with E-state index in [-0.39, 0.29) is 36.7 Å². The SMILES string of the molecule is CN(C)C[C@@H](CC(=O)OCc1ccccc1)NC(=O)CCCCCCCCS(=O)(=O)c1ccccc1. The molecular weight excluding hydrogens is 476 g/mol. The first-order valence-corrected chi connectivity index (χ1v) is 14.3. The first-order valence-electron chi connectivity index (χ1n) is 12.7. The fraction of sp³-hybridized carbons (Fsp3) is 0.500. The summed E-state index contributed by atoms with van der Waals surface area (Å²) in [7, 11) is 0.599. The second kappa shape index (κ2) is 16.1. The summed E-state index contributed by atoms with van der Waals surface area (Å²) in [5.74, 6) is -0.229. The van der Waals surface area contributed by atoms with E-state index in [0.29, 0.717) is 24.3 Å². The molecule has 0 aliphatic rings. The minimum atomic E-state index is -3.21. The van der Waals surface area contributed by atoms with E-state index < -0.39 is 9.84 Å². The molecule has 8 heteroatoms. The van der Waals surface area contributed by atoms with Gasteiger partial charge in [0.2, 0.25) is 5.91 Å². The second-order valence-electron chi connectivity index (χ2n) is 9.38. The standard InChI is InChI=1S/C28H40N2O5S/c1-30(2)22-25(21-28(32)35-23-24-15-9-7-10-16-24)29-27(31)19-13-5-3-4-6-14-20-36(33,34)26-17-11-8-12-18-26/h7-12,15-18,25H,3-6,13-14,19-23H2,1-2H3,(H,29,31)/t25-/m1/s1. The van der Waals surface area contributed by atoms with Crippen molar-refractivity contribution in [2.45, 2.75) is 68.9 Å². The Kier molecular flexibility index (Phi) is 13.2. The Labute approximate surface area is 216 Å². The van der Waals surface area contributed by atoms with Crippen LogP contribution in [0.3, 0.4) is 0 Å². The summed E-state index contributed by atoms with van der Waals surface area (Å²) < 4.78 is 29.9. The summed E-state index contributed by atoms with van der Waals surface area (Å²) in [5, 5.41) is 2.97.